The molecule has 1 atom stereocenters. The fraction of sp³-hybridized carbons (Fsp3) is 0.522. The van der Waals surface area contributed by atoms with Gasteiger partial charge in [-0.1, -0.05) is 24.6 Å². The van der Waals surface area contributed by atoms with Crippen molar-refractivity contribution in [3.8, 4) is 5.75 Å². The second kappa shape index (κ2) is 8.90. The predicted molar refractivity (Wildman–Crippen MR) is 113 cm³/mol. The quantitative estimate of drug-likeness (QED) is 0.784. The Morgan fingerprint density at radius 3 is 2.87 bits per heavy atom. The molecule has 2 aromatic rings. The number of para-hydroxylation sites is 1. The number of aryl methyl sites for hydroxylation is 2. The smallest absolute Gasteiger partial charge is 0.257 e. The topological polar surface area (TPSA) is 76.5 Å². The number of carbonyl (C=O) groups excluding carboxylic acids is 2. The number of rotatable bonds is 1. The first-order valence-electron chi connectivity index (χ1n) is 10.8. The van der Waals surface area contributed by atoms with Crippen molar-refractivity contribution in [3.63, 3.8) is 0 Å². The molecule has 1 N–H and O–H groups in total. The summed E-state index contributed by atoms with van der Waals surface area (Å²) in [4.78, 5) is 27.4. The van der Waals surface area contributed by atoms with Crippen LogP contribution in [0.2, 0.25) is 0 Å². The second-order valence-corrected chi connectivity index (χ2v) is 8.61. The van der Waals surface area contributed by atoms with Gasteiger partial charge in [0.05, 0.1) is 11.8 Å². The first-order chi connectivity index (χ1) is 14.5. The Hall–Kier alpha value is -2.83. The summed E-state index contributed by atoms with van der Waals surface area (Å²) in [5, 5.41) is 7.21. The van der Waals surface area contributed by atoms with Gasteiger partial charge in [-0.2, -0.15) is 5.10 Å². The van der Waals surface area contributed by atoms with Crippen molar-refractivity contribution >= 4 is 11.8 Å². The van der Waals surface area contributed by atoms with Crippen molar-refractivity contribution in [2.45, 2.75) is 38.5 Å². The standard InChI is InChI=1S/C23H30N4O3/c1-26-14-19(13-25-26)22(29)27-12-6-11-23(17-27)10-5-4-8-18-7-2-3-9-20(18)30-15-21(28)24-16-23/h2-3,7,9,13-14H,4-6,8,10-12,15-17H2,1H3,(H,24,28)/t23-/m1/s1. The van der Waals surface area contributed by atoms with Crippen LogP contribution in [0.4, 0.5) is 0 Å². The number of nitrogens with zero attached hydrogens (tertiary/aromatic N) is 3. The third-order valence-electron chi connectivity index (χ3n) is 6.30. The van der Waals surface area contributed by atoms with E-state index in [-0.39, 0.29) is 23.8 Å². The van der Waals surface area contributed by atoms with E-state index < -0.39 is 0 Å². The van der Waals surface area contributed by atoms with E-state index in [2.05, 4.69) is 16.5 Å². The molecule has 0 saturated carbocycles. The zero-order valence-corrected chi connectivity index (χ0v) is 17.6. The highest BCUT2D eigenvalue weighted by molar-refractivity contribution is 5.93. The molecule has 0 unspecified atom stereocenters. The summed E-state index contributed by atoms with van der Waals surface area (Å²) in [6, 6.07) is 7.95. The molecule has 3 heterocycles. The van der Waals surface area contributed by atoms with Gasteiger partial charge in [-0.15, -0.1) is 0 Å². The Labute approximate surface area is 177 Å². The summed E-state index contributed by atoms with van der Waals surface area (Å²) in [5.41, 5.74) is 1.68. The lowest BCUT2D eigenvalue weighted by atomic mass is 9.75. The Morgan fingerprint density at radius 2 is 2.03 bits per heavy atom. The molecule has 2 aliphatic heterocycles. The van der Waals surface area contributed by atoms with Crippen LogP contribution in [0.3, 0.4) is 0 Å². The van der Waals surface area contributed by atoms with Crippen LogP contribution in [-0.4, -0.2) is 52.7 Å². The molecule has 7 heteroatoms. The molecule has 7 nitrogen and oxygen atoms in total. The zero-order valence-electron chi connectivity index (χ0n) is 17.6. The molecule has 0 radical (unpaired) electrons. The lowest BCUT2D eigenvalue weighted by Gasteiger charge is -2.43. The molecule has 1 saturated heterocycles. The zero-order chi connectivity index (χ0) is 21.0. The molecule has 160 valence electrons. The van der Waals surface area contributed by atoms with E-state index in [1.165, 1.54) is 0 Å². The van der Waals surface area contributed by atoms with Gasteiger partial charge in [-0.3, -0.25) is 14.3 Å². The van der Waals surface area contributed by atoms with E-state index in [4.69, 9.17) is 4.74 Å². The average Bonchev–Trinajstić information content (AvgIpc) is 3.20. The highest BCUT2D eigenvalue weighted by atomic mass is 16.5. The summed E-state index contributed by atoms with van der Waals surface area (Å²) in [6.45, 7) is 2.01. The van der Waals surface area contributed by atoms with E-state index in [1.807, 2.05) is 30.1 Å². The van der Waals surface area contributed by atoms with Crippen LogP contribution >= 0.6 is 0 Å². The third-order valence-corrected chi connectivity index (χ3v) is 6.30. The van der Waals surface area contributed by atoms with E-state index >= 15 is 0 Å². The monoisotopic (exact) mass is 410 g/mol. The lowest BCUT2D eigenvalue weighted by Crippen LogP contribution is -2.51. The Bertz CT molecular complexity index is 909. The number of benzene rings is 1. The van der Waals surface area contributed by atoms with Crippen molar-refractivity contribution in [1.29, 1.82) is 0 Å². The average molecular weight is 411 g/mol. The van der Waals surface area contributed by atoms with Crippen LogP contribution in [0.1, 0.15) is 48.0 Å². The fourth-order valence-electron chi connectivity index (χ4n) is 4.68. The van der Waals surface area contributed by atoms with Crippen molar-refractivity contribution < 1.29 is 14.3 Å². The van der Waals surface area contributed by atoms with E-state index in [0.717, 1.165) is 56.4 Å². The molecule has 30 heavy (non-hydrogen) atoms. The minimum Gasteiger partial charge on any atom is -0.483 e. The number of likely N-dealkylation sites (tertiary alicyclic amines) is 1. The Balaban J connectivity index is 1.48. The number of fused-ring (bicyclic) bond motifs is 1. The minimum atomic E-state index is -0.111. The van der Waals surface area contributed by atoms with Gasteiger partial charge < -0.3 is 15.0 Å². The molecular weight excluding hydrogens is 380 g/mol. The van der Waals surface area contributed by atoms with Crippen LogP contribution in [0.5, 0.6) is 5.75 Å². The highest BCUT2D eigenvalue weighted by Gasteiger charge is 2.37. The van der Waals surface area contributed by atoms with Gasteiger partial charge in [0.15, 0.2) is 6.61 Å². The van der Waals surface area contributed by atoms with Crippen LogP contribution in [0, 0.1) is 5.41 Å². The molecule has 2 aliphatic rings. The molecule has 4 rings (SSSR count). The maximum absolute atomic E-state index is 13.0. The number of carbonyl (C=O) groups is 2. The maximum Gasteiger partial charge on any atom is 0.257 e. The number of nitrogens with one attached hydrogen (secondary N) is 1. The van der Waals surface area contributed by atoms with Gasteiger partial charge in [0.25, 0.3) is 11.8 Å². The van der Waals surface area contributed by atoms with Gasteiger partial charge in [0, 0.05) is 38.3 Å². The molecule has 0 bridgehead atoms. The van der Waals surface area contributed by atoms with Crippen molar-refractivity contribution in [1.82, 2.24) is 20.0 Å². The number of hydrogen-bond donors (Lipinski definition) is 1. The third kappa shape index (κ3) is 4.66. The molecular formula is C23H30N4O3. The van der Waals surface area contributed by atoms with Crippen LogP contribution in [-0.2, 0) is 18.3 Å². The Kier molecular flexibility index (Phi) is 6.06. The summed E-state index contributed by atoms with van der Waals surface area (Å²) in [7, 11) is 1.82. The number of ether oxygens (including phenoxy) is 1. The van der Waals surface area contributed by atoms with Crippen molar-refractivity contribution in [2.75, 3.05) is 26.2 Å². The minimum absolute atomic E-state index is 0.0193. The van der Waals surface area contributed by atoms with Crippen LogP contribution < -0.4 is 10.1 Å². The maximum atomic E-state index is 13.0. The number of aromatic nitrogens is 2. The molecule has 1 aromatic carbocycles. The van der Waals surface area contributed by atoms with E-state index in [9.17, 15) is 9.59 Å². The summed E-state index contributed by atoms with van der Waals surface area (Å²) in [6.07, 6.45) is 9.40. The fourth-order valence-corrected chi connectivity index (χ4v) is 4.68. The van der Waals surface area contributed by atoms with Crippen molar-refractivity contribution in [3.05, 3.63) is 47.8 Å². The molecule has 1 fully saturated rings. The molecule has 1 spiro atoms. The predicted octanol–water partition coefficient (Wildman–Crippen LogP) is 2.56. The van der Waals surface area contributed by atoms with E-state index in [0.29, 0.717) is 18.7 Å². The SMILES string of the molecule is Cn1cc(C(=O)N2CCC[C@@]3(CCCCc4ccccc4OCC(=O)NC3)C2)cn1. The number of amides is 2. The summed E-state index contributed by atoms with van der Waals surface area (Å²) in [5.74, 6) is 0.714. The summed E-state index contributed by atoms with van der Waals surface area (Å²) >= 11 is 0. The number of piperidine rings is 1. The van der Waals surface area contributed by atoms with E-state index in [1.54, 1.807) is 17.1 Å². The van der Waals surface area contributed by atoms with Crippen molar-refractivity contribution in [2.24, 2.45) is 12.5 Å². The van der Waals surface area contributed by atoms with Gasteiger partial charge in [0.2, 0.25) is 0 Å². The van der Waals surface area contributed by atoms with Crippen LogP contribution in [0.25, 0.3) is 0 Å². The second-order valence-electron chi connectivity index (χ2n) is 8.61. The van der Waals surface area contributed by atoms with Crippen LogP contribution in [0.15, 0.2) is 36.7 Å². The van der Waals surface area contributed by atoms with Gasteiger partial charge >= 0.3 is 0 Å². The molecule has 1 aromatic heterocycles. The molecule has 2 amide bonds. The largest absolute Gasteiger partial charge is 0.483 e. The highest BCUT2D eigenvalue weighted by Crippen LogP contribution is 2.36. The Morgan fingerprint density at radius 1 is 1.20 bits per heavy atom. The normalized spacial score (nSPS) is 23.0. The van der Waals surface area contributed by atoms with Gasteiger partial charge in [0.1, 0.15) is 5.75 Å². The molecule has 0 aliphatic carbocycles. The lowest BCUT2D eigenvalue weighted by molar-refractivity contribution is -0.123. The number of hydrogen-bond acceptors (Lipinski definition) is 4. The first-order valence-corrected chi connectivity index (χ1v) is 10.8. The van der Waals surface area contributed by atoms with Gasteiger partial charge in [-0.25, -0.2) is 0 Å². The first kappa shape index (κ1) is 20.4. The van der Waals surface area contributed by atoms with Gasteiger partial charge in [-0.05, 0) is 43.7 Å². The summed E-state index contributed by atoms with van der Waals surface area (Å²) < 4.78 is 7.44.